The number of hydrogen-bond donors (Lipinski definition) is 1. The molecule has 3 heteroatoms. The lowest BCUT2D eigenvalue weighted by atomic mass is 10.0. The lowest BCUT2D eigenvalue weighted by Gasteiger charge is -2.16. The number of para-hydroxylation sites is 1. The van der Waals surface area contributed by atoms with Gasteiger partial charge in [0.25, 0.3) is 5.91 Å². The molecule has 0 aromatic heterocycles. The Kier molecular flexibility index (Phi) is 5.80. The molecule has 2 rings (SSSR count). The molecular formula is C20H25NO2. The van der Waals surface area contributed by atoms with Gasteiger partial charge in [0, 0.05) is 5.69 Å². The third-order valence-electron chi connectivity index (χ3n) is 3.88. The summed E-state index contributed by atoms with van der Waals surface area (Å²) in [7, 11) is 0. The van der Waals surface area contributed by atoms with Gasteiger partial charge < -0.3 is 10.1 Å². The highest BCUT2D eigenvalue weighted by molar-refractivity contribution is 5.94. The van der Waals surface area contributed by atoms with Crippen molar-refractivity contribution in [2.45, 2.75) is 46.1 Å². The number of carbonyl (C=O) groups excluding carboxylic acids is 1. The zero-order valence-corrected chi connectivity index (χ0v) is 14.3. The molecule has 1 amide bonds. The summed E-state index contributed by atoms with van der Waals surface area (Å²) in [6, 6.07) is 15.7. The first kappa shape index (κ1) is 17.1. The second kappa shape index (κ2) is 7.82. The van der Waals surface area contributed by atoms with Crippen molar-refractivity contribution in [3.63, 3.8) is 0 Å². The molecule has 2 aromatic rings. The molecule has 0 radical (unpaired) electrons. The van der Waals surface area contributed by atoms with E-state index >= 15 is 0 Å². The van der Waals surface area contributed by atoms with Crippen LogP contribution in [0, 0.1) is 0 Å². The molecule has 0 heterocycles. The minimum Gasteiger partial charge on any atom is -0.481 e. The summed E-state index contributed by atoms with van der Waals surface area (Å²) in [5, 5.41) is 2.95. The number of rotatable bonds is 6. The van der Waals surface area contributed by atoms with E-state index in [-0.39, 0.29) is 5.91 Å². The van der Waals surface area contributed by atoms with Crippen LogP contribution in [0.25, 0.3) is 0 Å². The molecule has 2 aromatic carbocycles. The second-order valence-corrected chi connectivity index (χ2v) is 5.98. The van der Waals surface area contributed by atoms with Crippen molar-refractivity contribution in [2.75, 3.05) is 5.32 Å². The molecule has 0 saturated heterocycles. The molecule has 1 N–H and O–H groups in total. The predicted molar refractivity (Wildman–Crippen MR) is 95.1 cm³/mol. The van der Waals surface area contributed by atoms with E-state index in [2.05, 4.69) is 26.1 Å². The van der Waals surface area contributed by atoms with Crippen LogP contribution in [-0.4, -0.2) is 12.0 Å². The number of aryl methyl sites for hydroxylation is 1. The highest BCUT2D eigenvalue weighted by atomic mass is 16.5. The minimum atomic E-state index is -0.551. The maximum atomic E-state index is 12.3. The van der Waals surface area contributed by atoms with E-state index < -0.39 is 6.10 Å². The molecule has 0 fully saturated rings. The van der Waals surface area contributed by atoms with Crippen molar-refractivity contribution in [3.05, 3.63) is 59.7 Å². The first-order valence-electron chi connectivity index (χ1n) is 8.16. The van der Waals surface area contributed by atoms with Gasteiger partial charge >= 0.3 is 0 Å². The standard InChI is InChI=1S/C20H25NO2/c1-5-16-8-6-7-9-19(16)21-20(22)15(4)23-18-12-10-17(11-13-18)14(2)3/h6-15H,5H2,1-4H3,(H,21,22). The fourth-order valence-electron chi connectivity index (χ4n) is 2.37. The lowest BCUT2D eigenvalue weighted by Crippen LogP contribution is -2.30. The molecule has 1 unspecified atom stereocenters. The van der Waals surface area contributed by atoms with Gasteiger partial charge in [0.15, 0.2) is 6.10 Å². The van der Waals surface area contributed by atoms with E-state index in [0.717, 1.165) is 17.7 Å². The van der Waals surface area contributed by atoms with E-state index in [1.807, 2.05) is 48.5 Å². The summed E-state index contributed by atoms with van der Waals surface area (Å²) in [4.78, 5) is 12.3. The molecule has 23 heavy (non-hydrogen) atoms. The Hall–Kier alpha value is -2.29. The number of nitrogens with one attached hydrogen (secondary N) is 1. The van der Waals surface area contributed by atoms with Gasteiger partial charge in [0.05, 0.1) is 0 Å². The van der Waals surface area contributed by atoms with Crippen molar-refractivity contribution in [3.8, 4) is 5.75 Å². The van der Waals surface area contributed by atoms with Gasteiger partial charge in [-0.05, 0) is 48.6 Å². The second-order valence-electron chi connectivity index (χ2n) is 5.98. The van der Waals surface area contributed by atoms with Gasteiger partial charge in [-0.1, -0.05) is 51.1 Å². The summed E-state index contributed by atoms with van der Waals surface area (Å²) < 4.78 is 5.74. The average Bonchev–Trinajstić information content (AvgIpc) is 2.55. The smallest absolute Gasteiger partial charge is 0.265 e. The number of carbonyl (C=O) groups is 1. The van der Waals surface area contributed by atoms with Crippen LogP contribution < -0.4 is 10.1 Å². The van der Waals surface area contributed by atoms with E-state index in [4.69, 9.17) is 4.74 Å². The average molecular weight is 311 g/mol. The SMILES string of the molecule is CCc1ccccc1NC(=O)C(C)Oc1ccc(C(C)C)cc1. The van der Waals surface area contributed by atoms with Crippen LogP contribution >= 0.6 is 0 Å². The summed E-state index contributed by atoms with van der Waals surface area (Å²) in [5.41, 5.74) is 3.23. The third-order valence-corrected chi connectivity index (χ3v) is 3.88. The topological polar surface area (TPSA) is 38.3 Å². The zero-order chi connectivity index (χ0) is 16.8. The van der Waals surface area contributed by atoms with Crippen LogP contribution in [0.2, 0.25) is 0 Å². The van der Waals surface area contributed by atoms with Gasteiger partial charge in [-0.2, -0.15) is 0 Å². The quantitative estimate of drug-likeness (QED) is 0.834. The number of ether oxygens (including phenoxy) is 1. The van der Waals surface area contributed by atoms with Crippen LogP contribution in [0.4, 0.5) is 5.69 Å². The van der Waals surface area contributed by atoms with Gasteiger partial charge in [-0.15, -0.1) is 0 Å². The Morgan fingerprint density at radius 2 is 1.70 bits per heavy atom. The van der Waals surface area contributed by atoms with E-state index in [9.17, 15) is 4.79 Å². The summed E-state index contributed by atoms with van der Waals surface area (Å²) >= 11 is 0. The molecule has 3 nitrogen and oxygen atoms in total. The summed E-state index contributed by atoms with van der Waals surface area (Å²) in [6.45, 7) is 8.13. The largest absolute Gasteiger partial charge is 0.481 e. The zero-order valence-electron chi connectivity index (χ0n) is 14.3. The molecule has 0 aliphatic heterocycles. The minimum absolute atomic E-state index is 0.140. The Bertz CT molecular complexity index is 647. The van der Waals surface area contributed by atoms with Crippen LogP contribution in [0.3, 0.4) is 0 Å². The lowest BCUT2D eigenvalue weighted by molar-refractivity contribution is -0.122. The molecule has 1 atom stereocenters. The normalized spacial score (nSPS) is 12.0. The van der Waals surface area contributed by atoms with E-state index in [0.29, 0.717) is 11.7 Å². The Balaban J connectivity index is 1.99. The highest BCUT2D eigenvalue weighted by Gasteiger charge is 2.16. The van der Waals surface area contributed by atoms with Crippen LogP contribution in [0.5, 0.6) is 5.75 Å². The van der Waals surface area contributed by atoms with Crippen molar-refractivity contribution in [2.24, 2.45) is 0 Å². The number of hydrogen-bond acceptors (Lipinski definition) is 2. The molecule has 0 bridgehead atoms. The van der Waals surface area contributed by atoms with E-state index in [1.54, 1.807) is 6.92 Å². The van der Waals surface area contributed by atoms with Gasteiger partial charge in [-0.3, -0.25) is 4.79 Å². The Morgan fingerprint density at radius 3 is 2.30 bits per heavy atom. The molecule has 122 valence electrons. The molecule has 0 aliphatic carbocycles. The maximum absolute atomic E-state index is 12.3. The summed E-state index contributed by atoms with van der Waals surface area (Å²) in [6.07, 6.45) is 0.326. The first-order valence-corrected chi connectivity index (χ1v) is 8.16. The van der Waals surface area contributed by atoms with Gasteiger partial charge in [-0.25, -0.2) is 0 Å². The van der Waals surface area contributed by atoms with Crippen LogP contribution in [0.1, 0.15) is 44.7 Å². The monoisotopic (exact) mass is 311 g/mol. The fourth-order valence-corrected chi connectivity index (χ4v) is 2.37. The predicted octanol–water partition coefficient (Wildman–Crippen LogP) is 4.78. The molecule has 0 saturated carbocycles. The highest BCUT2D eigenvalue weighted by Crippen LogP contribution is 2.20. The van der Waals surface area contributed by atoms with Crippen LogP contribution in [-0.2, 0) is 11.2 Å². The van der Waals surface area contributed by atoms with Crippen molar-refractivity contribution in [1.82, 2.24) is 0 Å². The first-order chi connectivity index (χ1) is 11.0. The number of anilines is 1. The maximum Gasteiger partial charge on any atom is 0.265 e. The van der Waals surface area contributed by atoms with Gasteiger partial charge in [0.1, 0.15) is 5.75 Å². The van der Waals surface area contributed by atoms with Crippen LogP contribution in [0.15, 0.2) is 48.5 Å². The molecule has 0 spiro atoms. The summed E-state index contributed by atoms with van der Waals surface area (Å²) in [5.74, 6) is 1.05. The number of benzene rings is 2. The molecular weight excluding hydrogens is 286 g/mol. The fraction of sp³-hybridized carbons (Fsp3) is 0.350. The van der Waals surface area contributed by atoms with Crippen molar-refractivity contribution < 1.29 is 9.53 Å². The van der Waals surface area contributed by atoms with E-state index in [1.165, 1.54) is 5.56 Å². The van der Waals surface area contributed by atoms with Crippen molar-refractivity contribution in [1.29, 1.82) is 0 Å². The Labute approximate surface area is 138 Å². The molecule has 0 aliphatic rings. The third kappa shape index (κ3) is 4.59. The van der Waals surface area contributed by atoms with Gasteiger partial charge in [0.2, 0.25) is 0 Å². The number of amides is 1. The Morgan fingerprint density at radius 1 is 1.04 bits per heavy atom. The van der Waals surface area contributed by atoms with Crippen molar-refractivity contribution >= 4 is 11.6 Å².